The van der Waals surface area contributed by atoms with Crippen LogP contribution in [-0.4, -0.2) is 52.9 Å². The van der Waals surface area contributed by atoms with Gasteiger partial charge in [-0.25, -0.2) is 13.8 Å². The van der Waals surface area contributed by atoms with Crippen molar-refractivity contribution in [1.29, 1.82) is 0 Å². The molecule has 184 valence electrons. The molecular formula is C24H26N4O6S. The fourth-order valence-corrected chi connectivity index (χ4v) is 4.53. The SMILES string of the molecule is CCOc1ccc(N(CC(=O)N/N=C\c2cccnc2)S(=O)(=O)c2ccc(OC)c(OC)c2)cc1. The lowest BCUT2D eigenvalue weighted by Gasteiger charge is -2.24. The summed E-state index contributed by atoms with van der Waals surface area (Å²) in [5.41, 5.74) is 3.30. The van der Waals surface area contributed by atoms with E-state index in [9.17, 15) is 13.2 Å². The molecule has 3 rings (SSSR count). The number of nitrogens with one attached hydrogen (secondary N) is 1. The van der Waals surface area contributed by atoms with Gasteiger partial charge in [0.05, 0.1) is 37.6 Å². The van der Waals surface area contributed by atoms with Gasteiger partial charge in [-0.05, 0) is 49.4 Å². The molecule has 1 aromatic heterocycles. The lowest BCUT2D eigenvalue weighted by Crippen LogP contribution is -2.39. The van der Waals surface area contributed by atoms with Gasteiger partial charge in [-0.2, -0.15) is 5.10 Å². The van der Waals surface area contributed by atoms with Crippen LogP contribution >= 0.6 is 0 Å². The maximum atomic E-state index is 13.6. The first-order valence-electron chi connectivity index (χ1n) is 10.6. The Morgan fingerprint density at radius 1 is 1.09 bits per heavy atom. The normalized spacial score (nSPS) is 11.2. The van der Waals surface area contributed by atoms with E-state index in [1.54, 1.807) is 48.8 Å². The zero-order valence-corrected chi connectivity index (χ0v) is 20.4. The molecule has 0 radical (unpaired) electrons. The molecule has 1 heterocycles. The fourth-order valence-electron chi connectivity index (χ4n) is 3.09. The van der Waals surface area contributed by atoms with Crippen molar-refractivity contribution >= 4 is 27.8 Å². The second kappa shape index (κ2) is 11.8. The third-order valence-corrected chi connectivity index (χ3v) is 6.52. The van der Waals surface area contributed by atoms with Crippen LogP contribution in [0.1, 0.15) is 12.5 Å². The molecule has 0 aliphatic carbocycles. The summed E-state index contributed by atoms with van der Waals surface area (Å²) in [4.78, 5) is 16.6. The number of benzene rings is 2. The lowest BCUT2D eigenvalue weighted by molar-refractivity contribution is -0.119. The molecule has 1 N–H and O–H groups in total. The minimum atomic E-state index is -4.17. The van der Waals surface area contributed by atoms with E-state index in [0.29, 0.717) is 23.7 Å². The van der Waals surface area contributed by atoms with Crippen molar-refractivity contribution < 1.29 is 27.4 Å². The number of hydrogen-bond donors (Lipinski definition) is 1. The Bertz CT molecular complexity index is 1260. The molecule has 1 amide bonds. The molecule has 11 heteroatoms. The first-order chi connectivity index (χ1) is 16.9. The van der Waals surface area contributed by atoms with Crippen molar-refractivity contribution in [2.24, 2.45) is 5.10 Å². The number of carbonyl (C=O) groups excluding carboxylic acids is 1. The van der Waals surface area contributed by atoms with E-state index >= 15 is 0 Å². The lowest BCUT2D eigenvalue weighted by atomic mass is 10.3. The zero-order chi connectivity index (χ0) is 25.3. The third kappa shape index (κ3) is 6.48. The van der Waals surface area contributed by atoms with Crippen molar-refractivity contribution in [2.75, 3.05) is 31.7 Å². The topological polar surface area (TPSA) is 119 Å². The van der Waals surface area contributed by atoms with Crippen LogP contribution in [0.15, 0.2) is 77.0 Å². The predicted molar refractivity (Wildman–Crippen MR) is 132 cm³/mol. The number of hydrogen-bond acceptors (Lipinski definition) is 8. The van der Waals surface area contributed by atoms with Crippen molar-refractivity contribution in [3.8, 4) is 17.2 Å². The van der Waals surface area contributed by atoms with Crippen molar-refractivity contribution in [1.82, 2.24) is 10.4 Å². The van der Waals surface area contributed by atoms with Gasteiger partial charge in [-0.1, -0.05) is 6.07 Å². The molecule has 0 atom stereocenters. The average Bonchev–Trinajstić information content (AvgIpc) is 2.88. The third-order valence-electron chi connectivity index (χ3n) is 4.75. The molecule has 10 nitrogen and oxygen atoms in total. The van der Waals surface area contributed by atoms with E-state index < -0.39 is 22.5 Å². The number of sulfonamides is 1. The molecule has 0 unspecified atom stereocenters. The summed E-state index contributed by atoms with van der Waals surface area (Å²) in [5.74, 6) is 0.556. The number of ether oxygens (including phenoxy) is 3. The highest BCUT2D eigenvalue weighted by Crippen LogP contribution is 2.32. The summed E-state index contributed by atoms with van der Waals surface area (Å²) in [6.07, 6.45) is 4.60. The van der Waals surface area contributed by atoms with Gasteiger partial charge >= 0.3 is 0 Å². The molecule has 0 saturated carbocycles. The summed E-state index contributed by atoms with van der Waals surface area (Å²) in [5, 5.41) is 3.89. The molecule has 0 spiro atoms. The Kier molecular flexibility index (Phi) is 8.63. The number of aromatic nitrogens is 1. The molecule has 3 aromatic rings. The summed E-state index contributed by atoms with van der Waals surface area (Å²) >= 11 is 0. The summed E-state index contributed by atoms with van der Waals surface area (Å²) < 4.78 is 44.1. The van der Waals surface area contributed by atoms with Gasteiger partial charge in [-0.15, -0.1) is 0 Å². The Hall–Kier alpha value is -4.12. The summed E-state index contributed by atoms with van der Waals surface area (Å²) in [7, 11) is -1.31. The Labute approximate surface area is 204 Å². The largest absolute Gasteiger partial charge is 0.494 e. The molecular weight excluding hydrogens is 472 g/mol. The number of amides is 1. The van der Waals surface area contributed by atoms with Crippen LogP contribution in [0, 0.1) is 0 Å². The van der Waals surface area contributed by atoms with Gasteiger partial charge in [0.15, 0.2) is 11.5 Å². The Morgan fingerprint density at radius 2 is 1.83 bits per heavy atom. The fraction of sp³-hybridized carbons (Fsp3) is 0.208. The summed E-state index contributed by atoms with van der Waals surface area (Å²) in [6, 6.07) is 14.1. The van der Waals surface area contributed by atoms with Gasteiger partial charge in [0.1, 0.15) is 12.3 Å². The highest BCUT2D eigenvalue weighted by Gasteiger charge is 2.28. The second-order valence-corrected chi connectivity index (χ2v) is 8.90. The van der Waals surface area contributed by atoms with E-state index in [0.717, 1.165) is 4.31 Å². The van der Waals surface area contributed by atoms with Crippen LogP contribution in [0.5, 0.6) is 17.2 Å². The number of pyridine rings is 1. The smallest absolute Gasteiger partial charge is 0.264 e. The molecule has 35 heavy (non-hydrogen) atoms. The number of rotatable bonds is 11. The minimum absolute atomic E-state index is 0.0734. The predicted octanol–water partition coefficient (Wildman–Crippen LogP) is 2.84. The number of carbonyl (C=O) groups is 1. The highest BCUT2D eigenvalue weighted by molar-refractivity contribution is 7.92. The molecule has 0 bridgehead atoms. The number of hydrazone groups is 1. The van der Waals surface area contributed by atoms with Crippen molar-refractivity contribution in [3.63, 3.8) is 0 Å². The molecule has 0 fully saturated rings. The van der Waals surface area contributed by atoms with Crippen LogP contribution in [-0.2, 0) is 14.8 Å². The zero-order valence-electron chi connectivity index (χ0n) is 19.5. The number of methoxy groups -OCH3 is 2. The van der Waals surface area contributed by atoms with Gasteiger partial charge in [0.25, 0.3) is 15.9 Å². The molecule has 0 aliphatic heterocycles. The Balaban J connectivity index is 1.91. The monoisotopic (exact) mass is 498 g/mol. The van der Waals surface area contributed by atoms with E-state index in [2.05, 4.69) is 15.5 Å². The average molecular weight is 499 g/mol. The maximum Gasteiger partial charge on any atom is 0.264 e. The van der Waals surface area contributed by atoms with E-state index in [1.165, 1.54) is 38.6 Å². The van der Waals surface area contributed by atoms with Crippen molar-refractivity contribution in [2.45, 2.75) is 11.8 Å². The quantitative estimate of drug-likeness (QED) is 0.319. The van der Waals surface area contributed by atoms with Gasteiger partial charge in [0, 0.05) is 24.0 Å². The van der Waals surface area contributed by atoms with Crippen LogP contribution in [0.3, 0.4) is 0 Å². The van der Waals surface area contributed by atoms with Crippen LogP contribution in [0.2, 0.25) is 0 Å². The maximum absolute atomic E-state index is 13.6. The van der Waals surface area contributed by atoms with Gasteiger partial charge < -0.3 is 14.2 Å². The van der Waals surface area contributed by atoms with Crippen LogP contribution in [0.25, 0.3) is 0 Å². The van der Waals surface area contributed by atoms with Crippen LogP contribution in [0.4, 0.5) is 5.69 Å². The number of nitrogens with zero attached hydrogens (tertiary/aromatic N) is 3. The first kappa shape index (κ1) is 25.5. The molecule has 0 saturated heterocycles. The minimum Gasteiger partial charge on any atom is -0.494 e. The standard InChI is InChI=1S/C24H26N4O6S/c1-4-34-20-9-7-19(8-10-20)28(17-24(29)27-26-16-18-6-5-13-25-15-18)35(30,31)21-11-12-22(32-2)23(14-21)33-3/h5-16H,4,17H2,1-3H3,(H,27,29)/b26-16-. The summed E-state index contributed by atoms with van der Waals surface area (Å²) in [6.45, 7) is 1.79. The highest BCUT2D eigenvalue weighted by atomic mass is 32.2. The Morgan fingerprint density at radius 3 is 2.46 bits per heavy atom. The first-order valence-corrected chi connectivity index (χ1v) is 12.0. The van der Waals surface area contributed by atoms with E-state index in [1.807, 2.05) is 6.92 Å². The van der Waals surface area contributed by atoms with Gasteiger partial charge in [-0.3, -0.25) is 14.1 Å². The second-order valence-electron chi connectivity index (χ2n) is 7.03. The molecule has 2 aromatic carbocycles. The van der Waals surface area contributed by atoms with Crippen LogP contribution < -0.4 is 23.9 Å². The van der Waals surface area contributed by atoms with E-state index in [-0.39, 0.29) is 16.3 Å². The van der Waals surface area contributed by atoms with E-state index in [4.69, 9.17) is 14.2 Å². The van der Waals surface area contributed by atoms with Crippen molar-refractivity contribution in [3.05, 3.63) is 72.6 Å². The van der Waals surface area contributed by atoms with Gasteiger partial charge in [0.2, 0.25) is 0 Å². The number of anilines is 1. The molecule has 0 aliphatic rings.